The van der Waals surface area contributed by atoms with Gasteiger partial charge in [0.15, 0.2) is 5.78 Å². The van der Waals surface area contributed by atoms with Crippen LogP contribution in [-0.2, 0) is 27.2 Å². The summed E-state index contributed by atoms with van der Waals surface area (Å²) in [6, 6.07) is 6.20. The maximum absolute atomic E-state index is 13.4. The molecule has 3 rings (SSSR count). The first-order valence-corrected chi connectivity index (χ1v) is 12.8. The van der Waals surface area contributed by atoms with Gasteiger partial charge in [0.25, 0.3) is 0 Å². The average molecular weight is 470 g/mol. The Morgan fingerprint density at radius 3 is 2.70 bits per heavy atom. The lowest BCUT2D eigenvalue weighted by Gasteiger charge is -2.27. The molecule has 0 unspecified atom stereocenters. The van der Waals surface area contributed by atoms with E-state index in [2.05, 4.69) is 36.3 Å². The molecule has 178 valence electrons. The molecule has 2 atom stereocenters. The molecule has 1 aromatic carbocycles. The minimum absolute atomic E-state index is 0.00455. The molecule has 1 aliphatic carbocycles. The third kappa shape index (κ3) is 6.97. The third-order valence-corrected chi connectivity index (χ3v) is 7.67. The lowest BCUT2D eigenvalue weighted by atomic mass is 9.91. The van der Waals surface area contributed by atoms with Gasteiger partial charge < -0.3 is 10.6 Å². The molecule has 2 amide bonds. The van der Waals surface area contributed by atoms with Crippen LogP contribution in [0.3, 0.4) is 0 Å². The van der Waals surface area contributed by atoms with E-state index >= 15 is 0 Å². The number of aromatic nitrogens is 1. The quantitative estimate of drug-likeness (QED) is 0.452. The predicted octanol–water partition coefficient (Wildman–Crippen LogP) is 4.36. The number of carbonyl (C=O) groups is 3. The van der Waals surface area contributed by atoms with Crippen molar-refractivity contribution in [3.8, 4) is 0 Å². The Hall–Kier alpha value is -2.54. The molecule has 0 saturated heterocycles. The van der Waals surface area contributed by atoms with Gasteiger partial charge in [0.05, 0.1) is 21.1 Å². The van der Waals surface area contributed by atoms with Crippen LogP contribution in [0.15, 0.2) is 30.9 Å². The smallest absolute Gasteiger partial charge is 0.224 e. The maximum atomic E-state index is 13.4. The van der Waals surface area contributed by atoms with E-state index in [0.717, 1.165) is 47.3 Å². The summed E-state index contributed by atoms with van der Waals surface area (Å²) in [7, 11) is 1.59. The van der Waals surface area contributed by atoms with Crippen LogP contribution in [0.2, 0.25) is 0 Å². The van der Waals surface area contributed by atoms with Crippen LogP contribution in [0.5, 0.6) is 0 Å². The second-order valence-corrected chi connectivity index (χ2v) is 10.0. The van der Waals surface area contributed by atoms with Crippen molar-refractivity contribution in [2.75, 3.05) is 7.05 Å². The number of thiazole rings is 1. The molecule has 0 bridgehead atoms. The Balaban J connectivity index is 1.76. The summed E-state index contributed by atoms with van der Waals surface area (Å²) >= 11 is 1.59. The fourth-order valence-electron chi connectivity index (χ4n) is 4.60. The first-order chi connectivity index (χ1) is 15.9. The highest BCUT2D eigenvalue weighted by molar-refractivity contribution is 7.18. The van der Waals surface area contributed by atoms with Gasteiger partial charge in [-0.1, -0.05) is 32.4 Å². The Morgan fingerprint density at radius 2 is 2.03 bits per heavy atom. The van der Waals surface area contributed by atoms with Gasteiger partial charge in [-0.15, -0.1) is 11.3 Å². The summed E-state index contributed by atoms with van der Waals surface area (Å²) in [6.07, 6.45) is 8.25. The van der Waals surface area contributed by atoms with E-state index in [-0.39, 0.29) is 30.1 Å². The molecule has 1 heterocycles. The number of allylic oxidation sites excluding steroid dienone is 1. The minimum atomic E-state index is -0.504. The fourth-order valence-corrected chi connectivity index (χ4v) is 5.71. The van der Waals surface area contributed by atoms with E-state index in [9.17, 15) is 14.4 Å². The molecule has 1 aliphatic rings. The second kappa shape index (κ2) is 12.1. The molecule has 0 radical (unpaired) electrons. The van der Waals surface area contributed by atoms with Crippen LogP contribution in [0.25, 0.3) is 10.2 Å². The van der Waals surface area contributed by atoms with Gasteiger partial charge in [-0.25, -0.2) is 4.98 Å². The lowest BCUT2D eigenvalue weighted by molar-refractivity contribution is -0.131. The van der Waals surface area contributed by atoms with Gasteiger partial charge in [-0.3, -0.25) is 14.4 Å². The van der Waals surface area contributed by atoms with Crippen molar-refractivity contribution >= 4 is 39.2 Å². The monoisotopic (exact) mass is 469 g/mol. The van der Waals surface area contributed by atoms with E-state index in [1.54, 1.807) is 18.4 Å². The normalized spacial score (nSPS) is 15.8. The third-order valence-electron chi connectivity index (χ3n) is 6.63. The van der Waals surface area contributed by atoms with Crippen molar-refractivity contribution in [3.63, 3.8) is 0 Å². The van der Waals surface area contributed by atoms with Crippen molar-refractivity contribution in [1.29, 1.82) is 0 Å². The molecule has 7 heteroatoms. The van der Waals surface area contributed by atoms with Crippen LogP contribution >= 0.6 is 11.3 Å². The zero-order chi connectivity index (χ0) is 23.8. The van der Waals surface area contributed by atoms with Crippen LogP contribution in [-0.4, -0.2) is 35.7 Å². The number of carbonyl (C=O) groups excluding carboxylic acids is 3. The molecule has 0 aliphatic heterocycles. The highest BCUT2D eigenvalue weighted by Gasteiger charge is 2.30. The number of aryl methyl sites for hydroxylation is 1. The molecule has 0 spiro atoms. The SMILES string of the molecule is C=CC(=O)CC[C@@H](NC(=O)[C@@H](CC(=O)NC)Cc1nc2ccc(CC)cc2s1)C1CCCC1. The number of amides is 2. The van der Waals surface area contributed by atoms with Gasteiger partial charge in [0.2, 0.25) is 11.8 Å². The van der Waals surface area contributed by atoms with Crippen molar-refractivity contribution in [3.05, 3.63) is 41.4 Å². The number of hydrogen-bond donors (Lipinski definition) is 2. The van der Waals surface area contributed by atoms with Gasteiger partial charge in [0.1, 0.15) is 0 Å². The topological polar surface area (TPSA) is 88.2 Å². The van der Waals surface area contributed by atoms with Gasteiger partial charge in [-0.05, 0) is 55.4 Å². The number of ketones is 1. The van der Waals surface area contributed by atoms with E-state index in [4.69, 9.17) is 4.98 Å². The molecule has 1 saturated carbocycles. The predicted molar refractivity (Wildman–Crippen MR) is 133 cm³/mol. The number of hydrogen-bond acceptors (Lipinski definition) is 5. The summed E-state index contributed by atoms with van der Waals surface area (Å²) < 4.78 is 1.11. The van der Waals surface area contributed by atoms with Crippen LogP contribution < -0.4 is 10.6 Å². The number of benzene rings is 1. The first kappa shape index (κ1) is 25.1. The Labute approximate surface area is 200 Å². The zero-order valence-corrected chi connectivity index (χ0v) is 20.5. The summed E-state index contributed by atoms with van der Waals surface area (Å²) in [5.74, 6) is -0.425. The molecule has 6 nitrogen and oxygen atoms in total. The van der Waals surface area contributed by atoms with Crippen LogP contribution in [0.4, 0.5) is 0 Å². The van der Waals surface area contributed by atoms with E-state index in [1.807, 2.05) is 6.07 Å². The molecule has 33 heavy (non-hydrogen) atoms. The number of nitrogens with zero attached hydrogens (tertiary/aromatic N) is 1. The fraction of sp³-hybridized carbons (Fsp3) is 0.538. The average Bonchev–Trinajstić information content (AvgIpc) is 3.49. The molecule has 1 aromatic heterocycles. The Kier molecular flexibility index (Phi) is 9.18. The van der Waals surface area contributed by atoms with Crippen molar-refractivity contribution < 1.29 is 14.4 Å². The number of rotatable bonds is 12. The Bertz CT molecular complexity index is 994. The van der Waals surface area contributed by atoms with Crippen molar-refractivity contribution in [2.24, 2.45) is 11.8 Å². The van der Waals surface area contributed by atoms with Crippen LogP contribution in [0, 0.1) is 11.8 Å². The highest BCUT2D eigenvalue weighted by atomic mass is 32.1. The van der Waals surface area contributed by atoms with Crippen LogP contribution in [0.1, 0.15) is 62.4 Å². The summed E-state index contributed by atoms with van der Waals surface area (Å²) in [4.78, 5) is 42.1. The highest BCUT2D eigenvalue weighted by Crippen LogP contribution is 2.31. The zero-order valence-electron chi connectivity index (χ0n) is 19.7. The second-order valence-electron chi connectivity index (χ2n) is 8.91. The van der Waals surface area contributed by atoms with E-state index < -0.39 is 5.92 Å². The lowest BCUT2D eigenvalue weighted by Crippen LogP contribution is -2.44. The van der Waals surface area contributed by atoms with Crippen molar-refractivity contribution in [1.82, 2.24) is 15.6 Å². The number of nitrogens with one attached hydrogen (secondary N) is 2. The van der Waals surface area contributed by atoms with E-state index in [1.165, 1.54) is 11.6 Å². The first-order valence-electron chi connectivity index (χ1n) is 12.0. The summed E-state index contributed by atoms with van der Waals surface area (Å²) in [6.45, 7) is 5.68. The molecular weight excluding hydrogens is 434 g/mol. The largest absolute Gasteiger partial charge is 0.359 e. The minimum Gasteiger partial charge on any atom is -0.359 e. The van der Waals surface area contributed by atoms with Gasteiger partial charge >= 0.3 is 0 Å². The maximum Gasteiger partial charge on any atom is 0.224 e. The standard InChI is InChI=1S/C26H35N3O3S/c1-4-17-10-12-22-23(14-17)33-25(28-22)16-19(15-24(31)27-3)26(32)29-21(13-11-20(30)5-2)18-8-6-7-9-18/h5,10,12,14,18-19,21H,2,4,6-9,11,13,15-16H2,1,3H3,(H,27,31)(H,29,32)/t19-,21+/m0/s1. The van der Waals surface area contributed by atoms with E-state index in [0.29, 0.717) is 25.2 Å². The van der Waals surface area contributed by atoms with Gasteiger partial charge in [-0.2, -0.15) is 0 Å². The molecule has 2 aromatic rings. The van der Waals surface area contributed by atoms with Crippen molar-refractivity contribution in [2.45, 2.75) is 70.8 Å². The Morgan fingerprint density at radius 1 is 1.27 bits per heavy atom. The molecule has 1 fully saturated rings. The van der Waals surface area contributed by atoms with Gasteiger partial charge in [0, 0.05) is 32.4 Å². The molecular formula is C26H35N3O3S. The summed E-state index contributed by atoms with van der Waals surface area (Å²) in [5, 5.41) is 6.72. The molecule has 2 N–H and O–H groups in total. The number of fused-ring (bicyclic) bond motifs is 1. The summed E-state index contributed by atoms with van der Waals surface area (Å²) in [5.41, 5.74) is 2.18.